The molecule has 0 spiro atoms. The van der Waals surface area contributed by atoms with Crippen LogP contribution in [0.3, 0.4) is 0 Å². The van der Waals surface area contributed by atoms with Crippen LogP contribution in [0.25, 0.3) is 0 Å². The third kappa shape index (κ3) is 189. The molecule has 24 heavy (non-hydrogen) atoms. The third-order valence-corrected chi connectivity index (χ3v) is 0.744. The van der Waals surface area contributed by atoms with Crippen molar-refractivity contribution in [3.63, 3.8) is 0 Å². The minimum atomic E-state index is 0. The first kappa shape index (κ1) is 50.3. The van der Waals surface area contributed by atoms with Gasteiger partial charge in [0.05, 0.1) is 26.4 Å². The molecule has 1 aliphatic rings. The van der Waals surface area contributed by atoms with E-state index in [1.807, 2.05) is 0 Å². The van der Waals surface area contributed by atoms with Gasteiger partial charge in [0.2, 0.25) is 0 Å². The van der Waals surface area contributed by atoms with Gasteiger partial charge in [-0.15, -0.1) is 0 Å². The number of hydrogen-bond donors (Lipinski definition) is 0. The Morgan fingerprint density at radius 2 is 0.500 bits per heavy atom. The molecule has 1 fully saturated rings. The smallest absolute Gasteiger partial charge is 0.0701 e. The van der Waals surface area contributed by atoms with Crippen LogP contribution in [-0.4, -0.2) is 64.1 Å². The first-order chi connectivity index (χ1) is 10.1. The van der Waals surface area contributed by atoms with E-state index >= 15 is 0 Å². The quantitative estimate of drug-likeness (QED) is 0.511. The van der Waals surface area contributed by atoms with Crippen LogP contribution in [0.15, 0.2) is 0 Å². The maximum atomic E-state index is 4.94. The van der Waals surface area contributed by atoms with Crippen LogP contribution in [0, 0.1) is 141 Å². The molecule has 0 amide bonds. The molecular weight excluding hydrogens is 431 g/mol. The maximum Gasteiger partial charge on any atom is 0.0701 e. The molecule has 1 saturated heterocycles. The summed E-state index contributed by atoms with van der Waals surface area (Å²) in [7, 11) is 0. The summed E-state index contributed by atoms with van der Waals surface area (Å²) < 4.78 is 9.89. The molecule has 0 N–H and O–H groups in total. The summed E-state index contributed by atoms with van der Waals surface area (Å²) in [5.74, 6) is 0. The maximum absolute atomic E-state index is 4.94. The zero-order chi connectivity index (χ0) is 17.8. The standard InChI is InChI=1S/C4H8O2.5C3H5.Gd.2Li/c1-2-6-4-3-5-1;5*1-3-2;;;/h1-4H2;5*3H,1-2H2;;;. The van der Waals surface area contributed by atoms with E-state index in [0.29, 0.717) is 0 Å². The molecule has 0 bridgehead atoms. The van der Waals surface area contributed by atoms with Gasteiger partial charge >= 0.3 is 0 Å². The SMILES string of the molecule is C1COCCO1.[CH2][CH][CH2].[CH2][CH][CH2].[CH2][CH][CH2].[CH2][CH][CH2].[CH2][CH][CH2].[Gd].[Li].[Li]. The van der Waals surface area contributed by atoms with Gasteiger partial charge in [-0.25, -0.2) is 0 Å². The fourth-order valence-electron chi connectivity index (χ4n) is 0.440. The normalized spacial score (nSPS) is 9.75. The topological polar surface area (TPSA) is 18.5 Å². The fraction of sp³-hybridized carbons (Fsp3) is 0.211. The van der Waals surface area contributed by atoms with Crippen molar-refractivity contribution in [2.45, 2.75) is 0 Å². The van der Waals surface area contributed by atoms with Crippen LogP contribution in [-0.2, 0) is 9.47 Å². The average molecular weight is 465 g/mol. The molecule has 0 unspecified atom stereocenters. The summed E-state index contributed by atoms with van der Waals surface area (Å²) in [6.45, 7) is 35.6. The van der Waals surface area contributed by atoms with E-state index in [9.17, 15) is 0 Å². The molecule has 131 valence electrons. The fourth-order valence-corrected chi connectivity index (χ4v) is 0.440. The minimum absolute atomic E-state index is 0. The Bertz CT molecular complexity index is 74.3. The van der Waals surface area contributed by atoms with Crippen LogP contribution in [0.4, 0.5) is 0 Å². The molecule has 1 heterocycles. The van der Waals surface area contributed by atoms with E-state index in [1.165, 1.54) is 32.1 Å². The molecule has 1 aliphatic heterocycles. The van der Waals surface area contributed by atoms with Crippen LogP contribution < -0.4 is 0 Å². The zero-order valence-electron chi connectivity index (χ0n) is 16.0. The third-order valence-electron chi connectivity index (χ3n) is 0.744. The van der Waals surface area contributed by atoms with E-state index in [1.54, 1.807) is 0 Å². The number of rotatable bonds is 0. The first-order valence-corrected chi connectivity index (χ1v) is 6.24. The summed E-state index contributed by atoms with van der Waals surface area (Å²) in [6.07, 6.45) is 7.50. The van der Waals surface area contributed by atoms with Gasteiger partial charge < -0.3 is 9.47 Å². The summed E-state index contributed by atoms with van der Waals surface area (Å²) in [4.78, 5) is 0. The van der Waals surface area contributed by atoms with E-state index in [4.69, 9.17) is 9.47 Å². The van der Waals surface area contributed by atoms with E-state index < -0.39 is 0 Å². The molecule has 0 aromatic carbocycles. The van der Waals surface area contributed by atoms with E-state index in [2.05, 4.69) is 69.2 Å². The molecule has 2 nitrogen and oxygen atoms in total. The summed E-state index contributed by atoms with van der Waals surface area (Å²) in [5, 5.41) is 0. The van der Waals surface area contributed by atoms with Gasteiger partial charge in [-0.3, -0.25) is 0 Å². The predicted molar refractivity (Wildman–Crippen MR) is 108 cm³/mol. The van der Waals surface area contributed by atoms with Gasteiger partial charge in [-0.05, 0) is 101 Å². The summed E-state index contributed by atoms with van der Waals surface area (Å²) >= 11 is 0. The van der Waals surface area contributed by atoms with Crippen LogP contribution >= 0.6 is 0 Å². The van der Waals surface area contributed by atoms with Crippen molar-refractivity contribution in [3.05, 3.63) is 101 Å². The van der Waals surface area contributed by atoms with Crippen molar-refractivity contribution < 1.29 is 49.4 Å². The van der Waals surface area contributed by atoms with Gasteiger partial charge in [0.1, 0.15) is 0 Å². The second-order valence-corrected chi connectivity index (χ2v) is 2.67. The number of hydrogen-bond acceptors (Lipinski definition) is 2. The monoisotopic (exact) mass is 465 g/mol. The molecule has 5 heteroatoms. The van der Waals surface area contributed by atoms with Crippen molar-refractivity contribution in [1.29, 1.82) is 0 Å². The second-order valence-electron chi connectivity index (χ2n) is 2.67. The van der Waals surface area contributed by atoms with Gasteiger partial charge in [-0.1, -0.05) is 0 Å². The average Bonchev–Trinajstić information content (AvgIpc) is 2.45. The first-order valence-electron chi connectivity index (χ1n) is 6.24. The van der Waals surface area contributed by atoms with Gasteiger partial charge in [0, 0.05) is 77.7 Å². The summed E-state index contributed by atoms with van der Waals surface area (Å²) in [5.41, 5.74) is 0. The molecule has 1 rings (SSSR count). The molecule has 0 aromatic heterocycles. The van der Waals surface area contributed by atoms with Crippen molar-refractivity contribution >= 4 is 37.7 Å². The Balaban J connectivity index is -0.0000000216. The molecule has 0 aliphatic carbocycles. The van der Waals surface area contributed by atoms with Gasteiger partial charge in [0.25, 0.3) is 0 Å². The molecular formula is C19H33GdLi2O2. The Morgan fingerprint density at radius 1 is 0.417 bits per heavy atom. The van der Waals surface area contributed by atoms with E-state index in [0.717, 1.165) is 26.4 Å². The molecule has 0 atom stereocenters. The predicted octanol–water partition coefficient (Wildman–Crippen LogP) is 3.57. The van der Waals surface area contributed by atoms with Crippen LogP contribution in [0.2, 0.25) is 0 Å². The van der Waals surface area contributed by atoms with Gasteiger partial charge in [0.15, 0.2) is 0 Å². The van der Waals surface area contributed by atoms with Crippen molar-refractivity contribution in [2.75, 3.05) is 26.4 Å². The zero-order valence-corrected chi connectivity index (χ0v) is 18.2. The largest absolute Gasteiger partial charge is 0.377 e. The Morgan fingerprint density at radius 3 is 0.542 bits per heavy atom. The number of ether oxygens (including phenoxy) is 2. The van der Waals surface area contributed by atoms with Crippen molar-refractivity contribution in [2.24, 2.45) is 0 Å². The Labute approximate surface area is 212 Å². The second kappa shape index (κ2) is 84.1. The molecule has 0 saturated carbocycles. The van der Waals surface area contributed by atoms with Gasteiger partial charge in [-0.2, -0.15) is 0 Å². The van der Waals surface area contributed by atoms with Crippen molar-refractivity contribution in [3.8, 4) is 0 Å². The van der Waals surface area contributed by atoms with E-state index in [-0.39, 0.29) is 77.7 Å². The van der Waals surface area contributed by atoms with Crippen LogP contribution in [0.5, 0.6) is 0 Å². The Kier molecular flexibility index (Phi) is 176. The molecule has 17 radical (unpaired) electrons. The minimum Gasteiger partial charge on any atom is -0.377 e. The molecule has 0 aromatic rings. The van der Waals surface area contributed by atoms with Crippen molar-refractivity contribution in [1.82, 2.24) is 0 Å². The van der Waals surface area contributed by atoms with Crippen LogP contribution in [0.1, 0.15) is 0 Å². The summed E-state index contributed by atoms with van der Waals surface area (Å²) in [6, 6.07) is 0. The Hall–Kier alpha value is 2.44.